The van der Waals surface area contributed by atoms with Crippen molar-refractivity contribution in [3.8, 4) is 0 Å². The summed E-state index contributed by atoms with van der Waals surface area (Å²) in [5.74, 6) is -0.191. The van der Waals surface area contributed by atoms with E-state index in [9.17, 15) is 4.79 Å². The summed E-state index contributed by atoms with van der Waals surface area (Å²) in [6, 6.07) is 0. The Morgan fingerprint density at radius 3 is 2.41 bits per heavy atom. The Hall–Kier alpha value is -1.32. The molecule has 0 bridgehead atoms. The highest BCUT2D eigenvalue weighted by Crippen LogP contribution is 2.16. The first-order chi connectivity index (χ1) is 7.87. The van der Waals surface area contributed by atoms with Gasteiger partial charge >= 0.3 is 5.97 Å². The van der Waals surface area contributed by atoms with Crippen LogP contribution in [0.2, 0.25) is 0 Å². The third kappa shape index (κ3) is 3.88. The first-order valence-corrected chi connectivity index (χ1v) is 6.14. The maximum atomic E-state index is 11.8. The molecule has 1 rings (SSSR count). The average Bonchev–Trinajstić information content (AvgIpc) is 2.57. The molecule has 1 heterocycles. The van der Waals surface area contributed by atoms with Crippen LogP contribution in [0.3, 0.4) is 0 Å². The summed E-state index contributed by atoms with van der Waals surface area (Å²) in [5, 5.41) is 7.21. The molecule has 0 aromatic carbocycles. The molecule has 17 heavy (non-hydrogen) atoms. The zero-order valence-corrected chi connectivity index (χ0v) is 11.4. The summed E-state index contributed by atoms with van der Waals surface area (Å²) in [5.41, 5.74) is 2.57. The number of nitrogens with zero attached hydrogens (tertiary/aromatic N) is 1. The number of hydrogen-bond acceptors (Lipinski definition) is 3. The van der Waals surface area contributed by atoms with Crippen LogP contribution in [-0.4, -0.2) is 21.8 Å². The van der Waals surface area contributed by atoms with Crippen molar-refractivity contribution in [2.45, 2.75) is 59.5 Å². The molecule has 0 aliphatic heterocycles. The predicted octanol–water partition coefficient (Wildman–Crippen LogP) is 2.42. The van der Waals surface area contributed by atoms with Gasteiger partial charge in [0, 0.05) is 11.3 Å². The molecule has 1 N–H and O–H groups in total. The van der Waals surface area contributed by atoms with Gasteiger partial charge in [-0.05, 0) is 33.6 Å². The Morgan fingerprint density at radius 1 is 1.29 bits per heavy atom. The van der Waals surface area contributed by atoms with E-state index in [0.717, 1.165) is 29.8 Å². The lowest BCUT2D eigenvalue weighted by Crippen LogP contribution is -2.25. The normalized spacial score (nSPS) is 11.6. The summed E-state index contributed by atoms with van der Waals surface area (Å²) < 4.78 is 5.33. The Morgan fingerprint density at radius 2 is 1.94 bits per heavy atom. The molecule has 0 aliphatic rings. The zero-order chi connectivity index (χ0) is 13.1. The monoisotopic (exact) mass is 238 g/mol. The number of aryl methyl sites for hydroxylation is 2. The van der Waals surface area contributed by atoms with Gasteiger partial charge in [-0.25, -0.2) is 0 Å². The van der Waals surface area contributed by atoms with Crippen molar-refractivity contribution in [3.63, 3.8) is 0 Å². The van der Waals surface area contributed by atoms with Crippen LogP contribution in [0, 0.1) is 0 Å². The lowest BCUT2D eigenvalue weighted by Gasteiger charge is -2.19. The van der Waals surface area contributed by atoms with Crippen LogP contribution in [0.4, 0.5) is 0 Å². The fourth-order valence-electron chi connectivity index (χ4n) is 1.76. The molecule has 1 aromatic rings. The Labute approximate surface area is 103 Å². The van der Waals surface area contributed by atoms with Gasteiger partial charge in [0.2, 0.25) is 0 Å². The molecule has 1 aromatic heterocycles. The van der Waals surface area contributed by atoms with Crippen LogP contribution in [0.1, 0.15) is 51.6 Å². The van der Waals surface area contributed by atoms with Gasteiger partial charge in [0.05, 0.1) is 12.1 Å². The van der Waals surface area contributed by atoms with Crippen molar-refractivity contribution in [2.24, 2.45) is 0 Å². The highest BCUT2D eigenvalue weighted by molar-refractivity contribution is 5.73. The maximum absolute atomic E-state index is 11.8. The molecule has 0 amide bonds. The molecular formula is C13H22N2O2. The second-order valence-electron chi connectivity index (χ2n) is 5.10. The number of rotatable bonds is 4. The second-order valence-corrected chi connectivity index (χ2v) is 5.10. The van der Waals surface area contributed by atoms with Gasteiger partial charge < -0.3 is 4.74 Å². The van der Waals surface area contributed by atoms with Crippen LogP contribution >= 0.6 is 0 Å². The Balaban J connectivity index is 2.80. The van der Waals surface area contributed by atoms with Crippen molar-refractivity contribution < 1.29 is 9.53 Å². The van der Waals surface area contributed by atoms with E-state index in [0.29, 0.717) is 6.42 Å². The van der Waals surface area contributed by atoms with Crippen LogP contribution < -0.4 is 0 Å². The lowest BCUT2D eigenvalue weighted by molar-refractivity contribution is -0.153. The quantitative estimate of drug-likeness (QED) is 0.820. The molecule has 0 saturated heterocycles. The third-order valence-electron chi connectivity index (χ3n) is 2.47. The van der Waals surface area contributed by atoms with Crippen LogP contribution in [0.15, 0.2) is 0 Å². The van der Waals surface area contributed by atoms with Crippen molar-refractivity contribution in [3.05, 3.63) is 17.0 Å². The number of hydrogen-bond donors (Lipinski definition) is 1. The fraction of sp³-hybridized carbons (Fsp3) is 0.692. The first kappa shape index (κ1) is 13.7. The largest absolute Gasteiger partial charge is 0.460 e. The SMILES string of the molecule is CCc1n[nH]c(CC)c1CC(=O)OC(C)(C)C. The van der Waals surface area contributed by atoms with Crippen LogP contribution in [-0.2, 0) is 28.8 Å². The van der Waals surface area contributed by atoms with E-state index in [4.69, 9.17) is 4.74 Å². The number of carbonyl (C=O) groups excluding carboxylic acids is 1. The molecule has 0 unspecified atom stereocenters. The second kappa shape index (κ2) is 5.34. The van der Waals surface area contributed by atoms with Crippen molar-refractivity contribution in [2.75, 3.05) is 0 Å². The molecule has 0 radical (unpaired) electrons. The molecule has 0 saturated carbocycles. The molecule has 96 valence electrons. The average molecular weight is 238 g/mol. The first-order valence-electron chi connectivity index (χ1n) is 6.14. The Kier molecular flexibility index (Phi) is 4.32. The number of aromatic nitrogens is 2. The van der Waals surface area contributed by atoms with E-state index in [1.165, 1.54) is 0 Å². The summed E-state index contributed by atoms with van der Waals surface area (Å²) in [6.45, 7) is 9.71. The van der Waals surface area contributed by atoms with Gasteiger partial charge in [-0.15, -0.1) is 0 Å². The number of carbonyl (C=O) groups is 1. The van der Waals surface area contributed by atoms with Crippen molar-refractivity contribution in [1.29, 1.82) is 0 Å². The summed E-state index contributed by atoms with van der Waals surface area (Å²) in [4.78, 5) is 11.8. The minimum absolute atomic E-state index is 0.191. The molecule has 4 nitrogen and oxygen atoms in total. The molecule has 0 fully saturated rings. The van der Waals surface area contributed by atoms with E-state index in [1.807, 2.05) is 34.6 Å². The molecular weight excluding hydrogens is 216 g/mol. The van der Waals surface area contributed by atoms with Gasteiger partial charge in [-0.2, -0.15) is 5.10 Å². The van der Waals surface area contributed by atoms with Gasteiger partial charge in [-0.1, -0.05) is 13.8 Å². The van der Waals surface area contributed by atoms with Gasteiger partial charge in [-0.3, -0.25) is 9.89 Å². The minimum atomic E-state index is -0.431. The van der Waals surface area contributed by atoms with E-state index in [2.05, 4.69) is 10.2 Å². The highest BCUT2D eigenvalue weighted by atomic mass is 16.6. The number of aromatic amines is 1. The summed E-state index contributed by atoms with van der Waals surface area (Å²) >= 11 is 0. The Bertz CT molecular complexity index is 367. The summed E-state index contributed by atoms with van der Waals surface area (Å²) in [7, 11) is 0. The van der Waals surface area contributed by atoms with E-state index >= 15 is 0 Å². The molecule has 4 heteroatoms. The minimum Gasteiger partial charge on any atom is -0.460 e. The smallest absolute Gasteiger partial charge is 0.310 e. The predicted molar refractivity (Wildman–Crippen MR) is 66.9 cm³/mol. The number of esters is 1. The van der Waals surface area contributed by atoms with E-state index < -0.39 is 5.60 Å². The number of nitrogens with one attached hydrogen (secondary N) is 1. The molecule has 0 atom stereocenters. The van der Waals surface area contributed by atoms with Gasteiger partial charge in [0.15, 0.2) is 0 Å². The molecule has 0 spiro atoms. The standard InChI is InChI=1S/C13H22N2O2/c1-6-10-9(11(7-2)15-14-10)8-12(16)17-13(3,4)5/h6-8H2,1-5H3,(H,14,15). The summed E-state index contributed by atoms with van der Waals surface area (Å²) in [6.07, 6.45) is 1.99. The maximum Gasteiger partial charge on any atom is 0.310 e. The lowest BCUT2D eigenvalue weighted by atomic mass is 10.1. The van der Waals surface area contributed by atoms with E-state index in [-0.39, 0.29) is 5.97 Å². The van der Waals surface area contributed by atoms with Crippen molar-refractivity contribution in [1.82, 2.24) is 10.2 Å². The van der Waals surface area contributed by atoms with Crippen LogP contribution in [0.25, 0.3) is 0 Å². The van der Waals surface area contributed by atoms with Crippen molar-refractivity contribution >= 4 is 5.97 Å². The van der Waals surface area contributed by atoms with Gasteiger partial charge in [0.25, 0.3) is 0 Å². The number of H-pyrrole nitrogens is 1. The highest BCUT2D eigenvalue weighted by Gasteiger charge is 2.20. The fourth-order valence-corrected chi connectivity index (χ4v) is 1.76. The topological polar surface area (TPSA) is 55.0 Å². The van der Waals surface area contributed by atoms with E-state index in [1.54, 1.807) is 0 Å². The van der Waals surface area contributed by atoms with Gasteiger partial charge in [0.1, 0.15) is 5.60 Å². The number of ether oxygens (including phenoxy) is 1. The third-order valence-corrected chi connectivity index (χ3v) is 2.47. The van der Waals surface area contributed by atoms with Crippen LogP contribution in [0.5, 0.6) is 0 Å². The molecule has 0 aliphatic carbocycles. The zero-order valence-electron chi connectivity index (χ0n) is 11.4.